The molecular weight excluding hydrogens is 436 g/mol. The maximum absolute atomic E-state index is 12.8. The van der Waals surface area contributed by atoms with Crippen molar-refractivity contribution in [2.24, 2.45) is 4.99 Å². The minimum absolute atomic E-state index is 0.106. The van der Waals surface area contributed by atoms with E-state index in [0.717, 1.165) is 63.0 Å². The Hall–Kier alpha value is -3.08. The maximum Gasteiger partial charge on any atom is 0.318 e. The van der Waals surface area contributed by atoms with Gasteiger partial charge in [-0.3, -0.25) is 14.7 Å². The van der Waals surface area contributed by atoms with Gasteiger partial charge in [-0.1, -0.05) is 18.2 Å². The number of rotatable bonds is 7. The van der Waals surface area contributed by atoms with Gasteiger partial charge >= 0.3 is 6.01 Å². The van der Waals surface area contributed by atoms with Gasteiger partial charge < -0.3 is 24.0 Å². The van der Waals surface area contributed by atoms with Crippen molar-refractivity contribution in [3.63, 3.8) is 0 Å². The van der Waals surface area contributed by atoms with Gasteiger partial charge in [-0.25, -0.2) is 0 Å². The lowest BCUT2D eigenvalue weighted by Gasteiger charge is -2.28. The first-order valence-electron chi connectivity index (χ1n) is 11.7. The van der Waals surface area contributed by atoms with E-state index in [0.29, 0.717) is 37.2 Å². The fraction of sp³-hybridized carbons (Fsp3) is 0.500. The molecule has 180 valence electrons. The van der Waals surface area contributed by atoms with Crippen LogP contribution in [-0.2, 0) is 20.8 Å². The standard InChI is InChI=1S/C24H30N6O4/c1-28-20-5-3-2-4-19(20)22(23(28)31)25-17-18-16-21(30-9-13-33-14-10-30)27-24(26-18)34-15-8-29-6-11-32-12-7-29/h2-5,16H,6-15,17H2,1H3. The quantitative estimate of drug-likeness (QED) is 0.597. The zero-order valence-corrected chi connectivity index (χ0v) is 19.5. The molecule has 2 fully saturated rings. The highest BCUT2D eigenvalue weighted by Crippen LogP contribution is 2.28. The third-order valence-corrected chi connectivity index (χ3v) is 6.25. The predicted octanol–water partition coefficient (Wildman–Crippen LogP) is 0.990. The molecule has 2 saturated heterocycles. The minimum Gasteiger partial charge on any atom is -0.462 e. The smallest absolute Gasteiger partial charge is 0.318 e. The number of benzene rings is 1. The number of carbonyl (C=O) groups excluding carboxylic acids is 1. The number of likely N-dealkylation sites (N-methyl/N-ethyl adjacent to an activating group) is 1. The number of hydrogen-bond donors (Lipinski definition) is 0. The molecule has 0 atom stereocenters. The Morgan fingerprint density at radius 1 is 1.03 bits per heavy atom. The van der Waals surface area contributed by atoms with Crippen LogP contribution in [-0.4, -0.2) is 99.3 Å². The molecule has 1 amide bonds. The molecule has 0 N–H and O–H groups in total. The van der Waals surface area contributed by atoms with Crippen molar-refractivity contribution in [2.45, 2.75) is 6.54 Å². The Labute approximate surface area is 199 Å². The summed E-state index contributed by atoms with van der Waals surface area (Å²) in [6, 6.07) is 9.96. The van der Waals surface area contributed by atoms with E-state index in [4.69, 9.17) is 14.2 Å². The summed E-state index contributed by atoms with van der Waals surface area (Å²) in [6.07, 6.45) is 0. The molecule has 0 saturated carbocycles. The van der Waals surface area contributed by atoms with Gasteiger partial charge in [-0.05, 0) is 6.07 Å². The second-order valence-electron chi connectivity index (χ2n) is 8.45. The van der Waals surface area contributed by atoms with Gasteiger partial charge in [0.25, 0.3) is 5.91 Å². The summed E-state index contributed by atoms with van der Waals surface area (Å²) >= 11 is 0. The van der Waals surface area contributed by atoms with E-state index in [-0.39, 0.29) is 12.5 Å². The number of nitrogens with zero attached hydrogens (tertiary/aromatic N) is 6. The average molecular weight is 467 g/mol. The Bertz CT molecular complexity index is 1050. The number of fused-ring (bicyclic) bond motifs is 1. The van der Waals surface area contributed by atoms with Gasteiger partial charge in [0.15, 0.2) is 0 Å². The lowest BCUT2D eigenvalue weighted by Crippen LogP contribution is -2.39. The average Bonchev–Trinajstić information content (AvgIpc) is 3.13. The monoisotopic (exact) mass is 466 g/mol. The molecular formula is C24H30N6O4. The number of aromatic nitrogens is 2. The zero-order valence-electron chi connectivity index (χ0n) is 19.5. The van der Waals surface area contributed by atoms with Crippen molar-refractivity contribution in [3.05, 3.63) is 41.6 Å². The number of aliphatic imine (C=N–C) groups is 1. The number of amides is 1. The summed E-state index contributed by atoms with van der Waals surface area (Å²) in [7, 11) is 1.77. The Kier molecular flexibility index (Phi) is 6.98. The molecule has 10 nitrogen and oxygen atoms in total. The van der Waals surface area contributed by atoms with Gasteiger partial charge in [-0.15, -0.1) is 0 Å². The number of ether oxygens (including phenoxy) is 3. The van der Waals surface area contributed by atoms with Crippen molar-refractivity contribution in [3.8, 4) is 6.01 Å². The van der Waals surface area contributed by atoms with Crippen LogP contribution in [0.4, 0.5) is 11.5 Å². The van der Waals surface area contributed by atoms with Crippen molar-refractivity contribution in [2.75, 3.05) is 82.6 Å². The molecule has 3 aliphatic heterocycles. The second-order valence-corrected chi connectivity index (χ2v) is 8.45. The highest BCUT2D eigenvalue weighted by molar-refractivity contribution is 6.54. The van der Waals surface area contributed by atoms with Gasteiger partial charge in [-0.2, -0.15) is 9.97 Å². The molecule has 0 unspecified atom stereocenters. The SMILES string of the molecule is CN1C(=O)C(=NCc2cc(N3CCOCC3)nc(OCCN3CCOCC3)n2)c2ccccc21. The molecule has 3 aliphatic rings. The third-order valence-electron chi connectivity index (χ3n) is 6.25. The van der Waals surface area contributed by atoms with Crippen LogP contribution >= 0.6 is 0 Å². The normalized spacial score (nSPS) is 20.1. The molecule has 1 aromatic heterocycles. The van der Waals surface area contributed by atoms with Crippen LogP contribution < -0.4 is 14.5 Å². The van der Waals surface area contributed by atoms with Crippen LogP contribution in [0.1, 0.15) is 11.3 Å². The van der Waals surface area contributed by atoms with Crippen LogP contribution in [0.2, 0.25) is 0 Å². The first-order chi connectivity index (χ1) is 16.7. The van der Waals surface area contributed by atoms with E-state index in [2.05, 4.69) is 24.8 Å². The molecule has 2 aromatic rings. The van der Waals surface area contributed by atoms with Crippen LogP contribution in [0, 0.1) is 0 Å². The fourth-order valence-electron chi connectivity index (χ4n) is 4.31. The molecule has 0 spiro atoms. The van der Waals surface area contributed by atoms with Crippen molar-refractivity contribution in [1.29, 1.82) is 0 Å². The molecule has 0 radical (unpaired) electrons. The molecule has 5 rings (SSSR count). The van der Waals surface area contributed by atoms with Gasteiger partial charge in [0.1, 0.15) is 18.1 Å². The third kappa shape index (κ3) is 5.03. The number of morpholine rings is 2. The number of para-hydroxylation sites is 1. The first kappa shape index (κ1) is 22.7. The zero-order chi connectivity index (χ0) is 23.3. The lowest BCUT2D eigenvalue weighted by atomic mass is 10.1. The second kappa shape index (κ2) is 10.5. The number of carbonyl (C=O) groups is 1. The van der Waals surface area contributed by atoms with Crippen LogP contribution in [0.15, 0.2) is 35.3 Å². The Balaban J connectivity index is 1.34. The van der Waals surface area contributed by atoms with Crippen molar-refractivity contribution in [1.82, 2.24) is 14.9 Å². The van der Waals surface area contributed by atoms with E-state index in [1.54, 1.807) is 11.9 Å². The molecule has 0 bridgehead atoms. The van der Waals surface area contributed by atoms with E-state index >= 15 is 0 Å². The highest BCUT2D eigenvalue weighted by atomic mass is 16.5. The van der Waals surface area contributed by atoms with E-state index in [9.17, 15) is 4.79 Å². The van der Waals surface area contributed by atoms with Gasteiger partial charge in [0.2, 0.25) is 0 Å². The largest absolute Gasteiger partial charge is 0.462 e. The summed E-state index contributed by atoms with van der Waals surface area (Å²) in [4.78, 5) is 32.8. The van der Waals surface area contributed by atoms with Crippen LogP contribution in [0.25, 0.3) is 0 Å². The van der Waals surface area contributed by atoms with Gasteiger partial charge in [0, 0.05) is 51.4 Å². The summed E-state index contributed by atoms with van der Waals surface area (Å²) in [5.41, 5.74) is 2.89. The number of anilines is 2. The lowest BCUT2D eigenvalue weighted by molar-refractivity contribution is -0.111. The predicted molar refractivity (Wildman–Crippen MR) is 128 cm³/mol. The van der Waals surface area contributed by atoms with Crippen LogP contribution in [0.3, 0.4) is 0 Å². The Morgan fingerprint density at radius 2 is 1.76 bits per heavy atom. The van der Waals surface area contributed by atoms with E-state index in [1.807, 2.05) is 30.3 Å². The molecule has 0 aliphatic carbocycles. The summed E-state index contributed by atoms with van der Waals surface area (Å²) in [6.45, 7) is 7.72. The van der Waals surface area contributed by atoms with E-state index in [1.165, 1.54) is 0 Å². The summed E-state index contributed by atoms with van der Waals surface area (Å²) < 4.78 is 16.9. The van der Waals surface area contributed by atoms with Gasteiger partial charge in [0.05, 0.1) is 44.4 Å². The van der Waals surface area contributed by atoms with E-state index < -0.39 is 0 Å². The Morgan fingerprint density at radius 3 is 2.56 bits per heavy atom. The summed E-state index contributed by atoms with van der Waals surface area (Å²) in [5.74, 6) is 0.691. The maximum atomic E-state index is 12.8. The molecule has 34 heavy (non-hydrogen) atoms. The number of hydrogen-bond acceptors (Lipinski definition) is 9. The molecule has 1 aromatic carbocycles. The molecule has 4 heterocycles. The van der Waals surface area contributed by atoms with Crippen molar-refractivity contribution >= 4 is 23.1 Å². The van der Waals surface area contributed by atoms with Crippen LogP contribution in [0.5, 0.6) is 6.01 Å². The molecule has 10 heteroatoms. The summed E-state index contributed by atoms with van der Waals surface area (Å²) in [5, 5.41) is 0. The first-order valence-corrected chi connectivity index (χ1v) is 11.7. The topological polar surface area (TPSA) is 92.6 Å². The van der Waals surface area contributed by atoms with Crippen molar-refractivity contribution < 1.29 is 19.0 Å². The highest BCUT2D eigenvalue weighted by Gasteiger charge is 2.30. The fourth-order valence-corrected chi connectivity index (χ4v) is 4.31. The minimum atomic E-state index is -0.106.